The summed E-state index contributed by atoms with van der Waals surface area (Å²) in [5, 5.41) is 0.331. The van der Waals surface area contributed by atoms with Gasteiger partial charge in [-0.05, 0) is 32.4 Å². The van der Waals surface area contributed by atoms with E-state index in [9.17, 15) is 9.18 Å². The fourth-order valence-corrected chi connectivity index (χ4v) is 2.47. The predicted molar refractivity (Wildman–Crippen MR) is 70.1 cm³/mol. The Kier molecular flexibility index (Phi) is 4.30. The van der Waals surface area contributed by atoms with Gasteiger partial charge in [0.2, 0.25) is 0 Å². The van der Waals surface area contributed by atoms with Gasteiger partial charge in [0.05, 0.1) is 19.1 Å². The van der Waals surface area contributed by atoms with Gasteiger partial charge in [0.15, 0.2) is 11.6 Å². The van der Waals surface area contributed by atoms with Crippen molar-refractivity contribution < 1.29 is 18.7 Å². The van der Waals surface area contributed by atoms with Crippen molar-refractivity contribution in [3.63, 3.8) is 0 Å². The second kappa shape index (κ2) is 5.78. The number of hydrogen-bond acceptors (Lipinski definition) is 3. The Bertz CT molecular complexity index is 490. The van der Waals surface area contributed by atoms with Crippen molar-refractivity contribution in [2.75, 3.05) is 13.2 Å². The van der Waals surface area contributed by atoms with E-state index in [4.69, 9.17) is 21.1 Å². The lowest BCUT2D eigenvalue weighted by Crippen LogP contribution is -2.08. The number of carbonyl (C=O) groups excluding carboxylic acids is 1. The molecule has 2 rings (SSSR count). The van der Waals surface area contributed by atoms with Gasteiger partial charge in [-0.2, -0.15) is 0 Å². The van der Waals surface area contributed by atoms with Crippen molar-refractivity contribution in [2.45, 2.75) is 26.2 Å². The van der Waals surface area contributed by atoms with Crippen LogP contribution in [0.25, 0.3) is 0 Å². The van der Waals surface area contributed by atoms with Crippen molar-refractivity contribution in [1.82, 2.24) is 0 Å². The Hall–Kier alpha value is -1.29. The monoisotopic (exact) mass is 286 g/mol. The molecule has 0 aromatic heterocycles. The van der Waals surface area contributed by atoms with Crippen molar-refractivity contribution in [1.29, 1.82) is 0 Å². The maximum absolute atomic E-state index is 14.3. The number of halogens is 2. The molecule has 2 atom stereocenters. The van der Waals surface area contributed by atoms with Crippen LogP contribution in [0, 0.1) is 11.7 Å². The zero-order valence-corrected chi connectivity index (χ0v) is 11.7. The topological polar surface area (TPSA) is 35.5 Å². The number of ether oxygens (including phenoxy) is 2. The minimum absolute atomic E-state index is 0.177. The molecule has 1 aromatic rings. The molecule has 19 heavy (non-hydrogen) atoms. The van der Waals surface area contributed by atoms with Gasteiger partial charge in [0.1, 0.15) is 0 Å². The number of carbonyl (C=O) groups is 1. The van der Waals surface area contributed by atoms with Gasteiger partial charge in [-0.15, -0.1) is 0 Å². The maximum atomic E-state index is 14.3. The Balaban J connectivity index is 2.22. The van der Waals surface area contributed by atoms with Crippen LogP contribution in [0.5, 0.6) is 5.75 Å². The van der Waals surface area contributed by atoms with E-state index in [0.717, 1.165) is 0 Å². The Labute approximate surface area is 116 Å². The Morgan fingerprint density at radius 1 is 1.42 bits per heavy atom. The lowest BCUT2D eigenvalue weighted by Gasteiger charge is -2.10. The SMILES string of the molecule is CCOC(=O)[C@H]1C[C@H]1c1c(Cl)ccc(OCC)c1F. The molecule has 0 N–H and O–H groups in total. The molecule has 0 bridgehead atoms. The first-order chi connectivity index (χ1) is 9.10. The van der Waals surface area contributed by atoms with Gasteiger partial charge in [-0.25, -0.2) is 4.39 Å². The summed E-state index contributed by atoms with van der Waals surface area (Å²) in [5.41, 5.74) is 0.366. The molecular formula is C14H16ClFO3. The van der Waals surface area contributed by atoms with E-state index in [2.05, 4.69) is 0 Å². The molecule has 0 unspecified atom stereocenters. The van der Waals surface area contributed by atoms with Crippen molar-refractivity contribution in [3.8, 4) is 5.75 Å². The molecule has 1 fully saturated rings. The molecular weight excluding hydrogens is 271 g/mol. The van der Waals surface area contributed by atoms with Crippen LogP contribution in [0.4, 0.5) is 4.39 Å². The van der Waals surface area contributed by atoms with Crippen LogP contribution in [0.1, 0.15) is 31.7 Å². The Morgan fingerprint density at radius 3 is 2.79 bits per heavy atom. The van der Waals surface area contributed by atoms with E-state index in [1.807, 2.05) is 0 Å². The first-order valence-electron chi connectivity index (χ1n) is 6.37. The largest absolute Gasteiger partial charge is 0.491 e. The summed E-state index contributed by atoms with van der Waals surface area (Å²) in [4.78, 5) is 11.6. The minimum Gasteiger partial charge on any atom is -0.491 e. The highest BCUT2D eigenvalue weighted by Gasteiger charge is 2.47. The molecule has 0 radical (unpaired) electrons. The van der Waals surface area contributed by atoms with Crippen molar-refractivity contribution in [2.24, 2.45) is 5.92 Å². The second-order valence-electron chi connectivity index (χ2n) is 4.41. The predicted octanol–water partition coefficient (Wildman–Crippen LogP) is 3.54. The molecule has 1 aliphatic carbocycles. The van der Waals surface area contributed by atoms with Gasteiger partial charge in [0, 0.05) is 16.5 Å². The number of esters is 1. The first kappa shape index (κ1) is 14.1. The standard InChI is InChI=1S/C14H16ClFO3/c1-3-18-11-6-5-10(15)12(13(11)16)8-7-9(8)14(17)19-4-2/h5-6,8-9H,3-4,7H2,1-2H3/t8-,9+/m1/s1. The molecule has 0 heterocycles. The van der Waals surface area contributed by atoms with E-state index in [1.165, 1.54) is 6.07 Å². The van der Waals surface area contributed by atoms with Crippen LogP contribution in [0.2, 0.25) is 5.02 Å². The van der Waals surface area contributed by atoms with Gasteiger partial charge in [0.25, 0.3) is 0 Å². The van der Waals surface area contributed by atoms with E-state index in [-0.39, 0.29) is 23.6 Å². The Morgan fingerprint density at radius 2 is 2.16 bits per heavy atom. The summed E-state index contributed by atoms with van der Waals surface area (Å²) < 4.78 is 24.4. The minimum atomic E-state index is -0.467. The van der Waals surface area contributed by atoms with E-state index in [1.54, 1.807) is 19.9 Å². The van der Waals surface area contributed by atoms with E-state index >= 15 is 0 Å². The number of rotatable bonds is 5. The van der Waals surface area contributed by atoms with Crippen LogP contribution in [0.15, 0.2) is 12.1 Å². The normalized spacial score (nSPS) is 21.1. The first-order valence-corrected chi connectivity index (χ1v) is 6.75. The van der Waals surface area contributed by atoms with Gasteiger partial charge >= 0.3 is 5.97 Å². The zero-order valence-electron chi connectivity index (χ0n) is 10.9. The van der Waals surface area contributed by atoms with E-state index < -0.39 is 5.82 Å². The number of hydrogen-bond donors (Lipinski definition) is 0. The van der Waals surface area contributed by atoms with Crippen LogP contribution in [-0.4, -0.2) is 19.2 Å². The van der Waals surface area contributed by atoms with Gasteiger partial charge in [-0.3, -0.25) is 4.79 Å². The smallest absolute Gasteiger partial charge is 0.309 e. The molecule has 5 heteroatoms. The van der Waals surface area contributed by atoms with Crippen LogP contribution < -0.4 is 4.74 Å². The highest BCUT2D eigenvalue weighted by molar-refractivity contribution is 6.31. The van der Waals surface area contributed by atoms with Crippen molar-refractivity contribution >= 4 is 17.6 Å². The van der Waals surface area contributed by atoms with Crippen LogP contribution >= 0.6 is 11.6 Å². The number of benzene rings is 1. The van der Waals surface area contributed by atoms with E-state index in [0.29, 0.717) is 30.2 Å². The fourth-order valence-electron chi connectivity index (χ4n) is 2.18. The van der Waals surface area contributed by atoms with Gasteiger partial charge in [-0.1, -0.05) is 11.6 Å². The molecule has 1 aromatic carbocycles. The zero-order chi connectivity index (χ0) is 14.0. The summed E-state index contributed by atoms with van der Waals surface area (Å²) >= 11 is 6.04. The average molecular weight is 287 g/mol. The molecule has 0 spiro atoms. The third-order valence-corrected chi connectivity index (χ3v) is 3.47. The molecule has 0 saturated heterocycles. The molecule has 3 nitrogen and oxygen atoms in total. The molecule has 104 valence electrons. The maximum Gasteiger partial charge on any atom is 0.309 e. The summed E-state index contributed by atoms with van der Waals surface area (Å²) in [6.07, 6.45) is 0.574. The summed E-state index contributed by atoms with van der Waals surface area (Å²) in [6.45, 7) is 4.24. The fraction of sp³-hybridized carbons (Fsp3) is 0.500. The van der Waals surface area contributed by atoms with Crippen molar-refractivity contribution in [3.05, 3.63) is 28.5 Å². The molecule has 1 aliphatic rings. The lowest BCUT2D eigenvalue weighted by molar-refractivity contribution is -0.144. The second-order valence-corrected chi connectivity index (χ2v) is 4.81. The van der Waals surface area contributed by atoms with Crippen LogP contribution in [-0.2, 0) is 9.53 Å². The summed E-state index contributed by atoms with van der Waals surface area (Å²) in [6, 6.07) is 3.11. The summed E-state index contributed by atoms with van der Waals surface area (Å²) in [7, 11) is 0. The lowest BCUT2D eigenvalue weighted by atomic mass is 10.1. The average Bonchev–Trinajstić information content (AvgIpc) is 3.14. The molecule has 0 aliphatic heterocycles. The summed E-state index contributed by atoms with van der Waals surface area (Å²) in [5.74, 6) is -1.07. The molecule has 1 saturated carbocycles. The third-order valence-electron chi connectivity index (χ3n) is 3.14. The highest BCUT2D eigenvalue weighted by Crippen LogP contribution is 2.52. The third kappa shape index (κ3) is 2.84. The quantitative estimate of drug-likeness (QED) is 0.777. The van der Waals surface area contributed by atoms with Gasteiger partial charge < -0.3 is 9.47 Å². The molecule has 0 amide bonds. The van der Waals surface area contributed by atoms with Crippen LogP contribution in [0.3, 0.4) is 0 Å². The highest BCUT2D eigenvalue weighted by atomic mass is 35.5.